The maximum atomic E-state index is 9.61. The first kappa shape index (κ1) is 25.1. The number of aliphatic imine (C=N–C) groups is 1. The maximum absolute atomic E-state index is 9.61. The summed E-state index contributed by atoms with van der Waals surface area (Å²) in [5.41, 5.74) is 2.27. The molecule has 0 atom stereocenters. The van der Waals surface area contributed by atoms with Crippen LogP contribution in [0, 0.1) is 0 Å². The third kappa shape index (κ3) is 9.07. The van der Waals surface area contributed by atoms with Crippen LogP contribution in [0.1, 0.15) is 44.7 Å². The summed E-state index contributed by atoms with van der Waals surface area (Å²) in [5.74, 6) is 0.804. The van der Waals surface area contributed by atoms with Gasteiger partial charge in [0.15, 0.2) is 5.96 Å². The molecule has 0 bridgehead atoms. The Labute approximate surface area is 187 Å². The van der Waals surface area contributed by atoms with Crippen molar-refractivity contribution in [3.8, 4) is 0 Å². The molecule has 1 aromatic rings. The zero-order valence-corrected chi connectivity index (χ0v) is 20.0. The molecule has 0 amide bonds. The van der Waals surface area contributed by atoms with E-state index in [9.17, 15) is 5.11 Å². The van der Waals surface area contributed by atoms with E-state index in [0.717, 1.165) is 45.0 Å². The summed E-state index contributed by atoms with van der Waals surface area (Å²) in [6.45, 7) is 11.2. The van der Waals surface area contributed by atoms with Crippen LogP contribution in [-0.2, 0) is 17.8 Å². The van der Waals surface area contributed by atoms with Crippen molar-refractivity contribution in [2.75, 3.05) is 33.3 Å². The second kappa shape index (κ2) is 12.6. The number of benzene rings is 1. The van der Waals surface area contributed by atoms with Gasteiger partial charge in [-0.05, 0) is 44.7 Å². The number of piperidine rings is 1. The topological polar surface area (TPSA) is 69.1 Å². The Morgan fingerprint density at radius 1 is 1.18 bits per heavy atom. The van der Waals surface area contributed by atoms with Crippen LogP contribution in [0.5, 0.6) is 0 Å². The average molecular weight is 504 g/mol. The van der Waals surface area contributed by atoms with Gasteiger partial charge in [0, 0.05) is 39.8 Å². The second-order valence-electron chi connectivity index (χ2n) is 7.84. The predicted octanol–water partition coefficient (Wildman–Crippen LogP) is 2.74. The Kier molecular flexibility index (Phi) is 11.3. The van der Waals surface area contributed by atoms with E-state index in [-0.39, 0.29) is 35.7 Å². The van der Waals surface area contributed by atoms with Crippen molar-refractivity contribution >= 4 is 29.9 Å². The van der Waals surface area contributed by atoms with Crippen molar-refractivity contribution in [1.82, 2.24) is 15.5 Å². The molecule has 1 aromatic carbocycles. The SMILES string of the molecule is CCNC(=NCc1ccc(CN2CCC(O)CC2)cc1)NCC(C)(C)OC.I. The Balaban J connectivity index is 0.00000392. The highest BCUT2D eigenvalue weighted by Crippen LogP contribution is 2.14. The van der Waals surface area contributed by atoms with Crippen LogP contribution in [0.15, 0.2) is 29.3 Å². The van der Waals surface area contributed by atoms with Gasteiger partial charge in [0.25, 0.3) is 0 Å². The Bertz CT molecular complexity index is 585. The van der Waals surface area contributed by atoms with Crippen molar-refractivity contribution in [3.05, 3.63) is 35.4 Å². The molecule has 3 N–H and O–H groups in total. The molecular formula is C21H37IN4O2. The third-order valence-corrected chi connectivity index (χ3v) is 4.98. The second-order valence-corrected chi connectivity index (χ2v) is 7.84. The van der Waals surface area contributed by atoms with Crippen molar-refractivity contribution in [2.45, 2.75) is 58.4 Å². The number of guanidine groups is 1. The first-order valence-electron chi connectivity index (χ1n) is 9.97. The molecule has 160 valence electrons. The summed E-state index contributed by atoms with van der Waals surface area (Å²) in [6, 6.07) is 8.68. The number of aliphatic hydroxyl groups excluding tert-OH is 1. The van der Waals surface area contributed by atoms with E-state index in [2.05, 4.69) is 51.7 Å². The van der Waals surface area contributed by atoms with Crippen molar-refractivity contribution in [2.24, 2.45) is 4.99 Å². The molecule has 1 saturated heterocycles. The fraction of sp³-hybridized carbons (Fsp3) is 0.667. The number of nitrogens with zero attached hydrogens (tertiary/aromatic N) is 2. The monoisotopic (exact) mass is 504 g/mol. The van der Waals surface area contributed by atoms with Gasteiger partial charge in [0.05, 0.1) is 18.2 Å². The molecule has 1 aliphatic heterocycles. The van der Waals surface area contributed by atoms with Crippen LogP contribution >= 0.6 is 24.0 Å². The fourth-order valence-corrected chi connectivity index (χ4v) is 2.97. The van der Waals surface area contributed by atoms with Gasteiger partial charge in [-0.3, -0.25) is 4.90 Å². The molecule has 7 heteroatoms. The van der Waals surface area contributed by atoms with Gasteiger partial charge in [-0.1, -0.05) is 24.3 Å². The Morgan fingerprint density at radius 2 is 1.79 bits per heavy atom. The van der Waals surface area contributed by atoms with E-state index in [1.165, 1.54) is 11.1 Å². The summed E-state index contributed by atoms with van der Waals surface area (Å²) in [7, 11) is 1.72. The van der Waals surface area contributed by atoms with Gasteiger partial charge in [-0.25, -0.2) is 4.99 Å². The summed E-state index contributed by atoms with van der Waals surface area (Å²) in [5, 5.41) is 16.2. The molecule has 1 fully saturated rings. The number of likely N-dealkylation sites (tertiary alicyclic amines) is 1. The highest BCUT2D eigenvalue weighted by molar-refractivity contribution is 14.0. The number of rotatable bonds is 8. The zero-order valence-electron chi connectivity index (χ0n) is 17.7. The molecule has 1 heterocycles. The van der Waals surface area contributed by atoms with Crippen LogP contribution in [0.25, 0.3) is 0 Å². The van der Waals surface area contributed by atoms with Gasteiger partial charge < -0.3 is 20.5 Å². The van der Waals surface area contributed by atoms with Gasteiger partial charge in [0.2, 0.25) is 0 Å². The fourth-order valence-electron chi connectivity index (χ4n) is 2.97. The Morgan fingerprint density at radius 3 is 2.36 bits per heavy atom. The smallest absolute Gasteiger partial charge is 0.191 e. The van der Waals surface area contributed by atoms with Gasteiger partial charge in [-0.2, -0.15) is 0 Å². The molecule has 0 saturated carbocycles. The first-order chi connectivity index (χ1) is 12.9. The summed E-state index contributed by atoms with van der Waals surface area (Å²) in [6.07, 6.45) is 1.65. The van der Waals surface area contributed by atoms with Gasteiger partial charge in [0.1, 0.15) is 0 Å². The lowest BCUT2D eigenvalue weighted by atomic mass is 10.1. The normalized spacial score (nSPS) is 16.5. The van der Waals surface area contributed by atoms with Crippen molar-refractivity contribution < 1.29 is 9.84 Å². The average Bonchev–Trinajstić information content (AvgIpc) is 2.67. The number of hydrogen-bond acceptors (Lipinski definition) is 4. The van der Waals surface area contributed by atoms with Crippen molar-refractivity contribution in [1.29, 1.82) is 0 Å². The quantitative estimate of drug-likeness (QED) is 0.289. The number of methoxy groups -OCH3 is 1. The predicted molar refractivity (Wildman–Crippen MR) is 126 cm³/mol. The largest absolute Gasteiger partial charge is 0.393 e. The van der Waals surface area contributed by atoms with Crippen LogP contribution in [0.4, 0.5) is 0 Å². The molecule has 0 spiro atoms. The standard InChI is InChI=1S/C21H36N4O2.HI/c1-5-22-20(24-16-21(2,3)27-4)23-14-17-6-8-18(9-7-17)15-25-12-10-19(26)11-13-25;/h6-9,19,26H,5,10-16H2,1-4H3,(H2,22,23,24);1H. The third-order valence-electron chi connectivity index (χ3n) is 4.98. The summed E-state index contributed by atoms with van der Waals surface area (Å²) >= 11 is 0. The molecule has 28 heavy (non-hydrogen) atoms. The van der Waals surface area contributed by atoms with E-state index >= 15 is 0 Å². The van der Waals surface area contributed by atoms with Crippen LogP contribution in [-0.4, -0.2) is 61.0 Å². The minimum Gasteiger partial charge on any atom is -0.393 e. The van der Waals surface area contributed by atoms with Crippen molar-refractivity contribution in [3.63, 3.8) is 0 Å². The molecular weight excluding hydrogens is 467 g/mol. The van der Waals surface area contributed by atoms with Crippen LogP contribution in [0.2, 0.25) is 0 Å². The number of halogens is 1. The summed E-state index contributed by atoms with van der Waals surface area (Å²) in [4.78, 5) is 7.08. The van der Waals surface area contributed by atoms with E-state index in [0.29, 0.717) is 13.1 Å². The zero-order chi connectivity index (χ0) is 19.7. The Hall–Kier alpha value is -0.900. The summed E-state index contributed by atoms with van der Waals surface area (Å²) < 4.78 is 5.45. The highest BCUT2D eigenvalue weighted by atomic mass is 127. The molecule has 2 rings (SSSR count). The highest BCUT2D eigenvalue weighted by Gasteiger charge is 2.17. The lowest BCUT2D eigenvalue weighted by molar-refractivity contribution is 0.0268. The van der Waals surface area contributed by atoms with Crippen LogP contribution < -0.4 is 10.6 Å². The molecule has 1 aliphatic rings. The first-order valence-corrected chi connectivity index (χ1v) is 9.97. The molecule has 6 nitrogen and oxygen atoms in total. The van der Waals surface area contributed by atoms with E-state index in [1.54, 1.807) is 7.11 Å². The maximum Gasteiger partial charge on any atom is 0.191 e. The number of ether oxygens (including phenoxy) is 1. The van der Waals surface area contributed by atoms with Gasteiger partial charge >= 0.3 is 0 Å². The molecule has 0 aliphatic carbocycles. The van der Waals surface area contributed by atoms with E-state index in [1.807, 2.05) is 13.8 Å². The van der Waals surface area contributed by atoms with Gasteiger partial charge in [-0.15, -0.1) is 24.0 Å². The van der Waals surface area contributed by atoms with E-state index < -0.39 is 0 Å². The minimum atomic E-state index is -0.234. The molecule has 0 unspecified atom stereocenters. The lowest BCUT2D eigenvalue weighted by Gasteiger charge is -2.29. The minimum absolute atomic E-state index is 0. The van der Waals surface area contributed by atoms with Crippen LogP contribution in [0.3, 0.4) is 0 Å². The number of aliphatic hydroxyl groups is 1. The van der Waals surface area contributed by atoms with E-state index in [4.69, 9.17) is 4.74 Å². The molecule has 0 aromatic heterocycles. The number of hydrogen-bond donors (Lipinski definition) is 3. The lowest BCUT2D eigenvalue weighted by Crippen LogP contribution is -2.45. The number of nitrogens with one attached hydrogen (secondary N) is 2. The molecule has 0 radical (unpaired) electrons.